The second kappa shape index (κ2) is 15.6. The Kier molecular flexibility index (Phi) is 12.3. The summed E-state index contributed by atoms with van der Waals surface area (Å²) in [7, 11) is 0. The molecular formula is C36H40O4. The molecule has 0 radical (unpaired) electrons. The van der Waals surface area contributed by atoms with E-state index in [0.29, 0.717) is 16.7 Å². The monoisotopic (exact) mass is 536 g/mol. The number of hydrogen-bond donors (Lipinski definition) is 4. The third-order valence-electron chi connectivity index (χ3n) is 6.20. The quantitative estimate of drug-likeness (QED) is 0.180. The van der Waals surface area contributed by atoms with Crippen molar-refractivity contribution in [2.75, 3.05) is 0 Å². The van der Waals surface area contributed by atoms with Gasteiger partial charge in [-0.2, -0.15) is 0 Å². The van der Waals surface area contributed by atoms with Gasteiger partial charge in [0.1, 0.15) is 11.5 Å². The Morgan fingerprint density at radius 1 is 0.475 bits per heavy atom. The van der Waals surface area contributed by atoms with E-state index < -0.39 is 0 Å². The van der Waals surface area contributed by atoms with Crippen molar-refractivity contribution in [1.29, 1.82) is 0 Å². The number of allylic oxidation sites excluding steroid dienone is 16. The summed E-state index contributed by atoms with van der Waals surface area (Å²) in [4.78, 5) is 0. The lowest BCUT2D eigenvalue weighted by Gasteiger charge is -2.05. The van der Waals surface area contributed by atoms with E-state index in [9.17, 15) is 20.4 Å². The lowest BCUT2D eigenvalue weighted by atomic mass is 10.1. The minimum Gasteiger partial charge on any atom is -0.508 e. The first-order valence-corrected chi connectivity index (χ1v) is 13.1. The van der Waals surface area contributed by atoms with Crippen LogP contribution < -0.4 is 0 Å². The minimum atomic E-state index is -0.111. The van der Waals surface area contributed by atoms with Crippen molar-refractivity contribution in [2.45, 2.75) is 41.5 Å². The number of phenolic OH excluding ortho intramolecular Hbond substituents is 4. The Morgan fingerprint density at radius 2 is 0.900 bits per heavy atom. The fourth-order valence-corrected chi connectivity index (χ4v) is 3.51. The molecule has 4 nitrogen and oxygen atoms in total. The summed E-state index contributed by atoms with van der Waals surface area (Å²) in [6.45, 7) is 11.5. The molecule has 0 aliphatic carbocycles. The zero-order valence-electron chi connectivity index (χ0n) is 24.2. The van der Waals surface area contributed by atoms with Crippen molar-refractivity contribution < 1.29 is 20.4 Å². The van der Waals surface area contributed by atoms with Gasteiger partial charge in [0.05, 0.1) is 0 Å². The SMILES string of the molecule is CC(/C=C/C=C(C)/C=C/c1ccc(O)c(O)c1C)=C\C=C\C=C(C)\C=C\C=C(C)\C=C\c1ccc(O)c(C)c1O. The zero-order chi connectivity index (χ0) is 29.7. The second-order valence-corrected chi connectivity index (χ2v) is 9.71. The van der Waals surface area contributed by atoms with E-state index in [1.54, 1.807) is 32.0 Å². The molecule has 0 unspecified atom stereocenters. The molecule has 2 rings (SSSR count). The molecule has 2 aromatic rings. The smallest absolute Gasteiger partial charge is 0.160 e. The van der Waals surface area contributed by atoms with Crippen LogP contribution in [0.1, 0.15) is 49.9 Å². The molecule has 0 amide bonds. The molecule has 0 spiro atoms. The Bertz CT molecular complexity index is 1360. The molecular weight excluding hydrogens is 496 g/mol. The molecule has 0 atom stereocenters. The molecule has 0 saturated carbocycles. The van der Waals surface area contributed by atoms with Crippen LogP contribution in [0.3, 0.4) is 0 Å². The number of aromatic hydroxyl groups is 4. The van der Waals surface area contributed by atoms with Gasteiger partial charge in [-0.3, -0.25) is 0 Å². The summed E-state index contributed by atoms with van der Waals surface area (Å²) < 4.78 is 0. The Balaban J connectivity index is 1.89. The molecule has 0 bridgehead atoms. The molecule has 40 heavy (non-hydrogen) atoms. The maximum Gasteiger partial charge on any atom is 0.160 e. The van der Waals surface area contributed by atoms with E-state index in [1.165, 1.54) is 6.07 Å². The van der Waals surface area contributed by atoms with Crippen LogP contribution in [0.2, 0.25) is 0 Å². The first kappa shape index (κ1) is 31.5. The fourth-order valence-electron chi connectivity index (χ4n) is 3.51. The van der Waals surface area contributed by atoms with Gasteiger partial charge in [0.25, 0.3) is 0 Å². The van der Waals surface area contributed by atoms with Gasteiger partial charge in [0, 0.05) is 16.7 Å². The average Bonchev–Trinajstić information content (AvgIpc) is 2.92. The molecule has 0 fully saturated rings. The zero-order valence-corrected chi connectivity index (χ0v) is 24.2. The maximum absolute atomic E-state index is 10.1. The van der Waals surface area contributed by atoms with Crippen LogP contribution in [-0.2, 0) is 0 Å². The van der Waals surface area contributed by atoms with Crippen molar-refractivity contribution >= 4 is 12.2 Å². The molecule has 0 heterocycles. The Hall–Kier alpha value is -4.70. The summed E-state index contributed by atoms with van der Waals surface area (Å²) in [5, 5.41) is 39.2. The Labute approximate surface area is 238 Å². The standard InChI is InChI=1S/C36H40O4/c1-25(13-9-15-27(3)17-19-31-21-24-34(38)36(40)29(31)5)11-7-8-12-26(2)14-10-16-28(4)18-20-32-22-23-33(37)30(6)35(32)39/h7-24,37-40H,1-6H3/b8-7+,13-9+,14-10+,19-17+,20-18+,25-11+,26-12+,27-15+,28-16+. The van der Waals surface area contributed by atoms with E-state index in [0.717, 1.165) is 27.9 Å². The lowest BCUT2D eigenvalue weighted by molar-refractivity contribution is 0.401. The fraction of sp³-hybridized carbons (Fsp3) is 0.167. The van der Waals surface area contributed by atoms with E-state index in [2.05, 4.69) is 0 Å². The average molecular weight is 537 g/mol. The lowest BCUT2D eigenvalue weighted by Crippen LogP contribution is -1.82. The van der Waals surface area contributed by atoms with Gasteiger partial charge in [0.2, 0.25) is 0 Å². The predicted octanol–water partition coefficient (Wildman–Crippen LogP) is 9.31. The Morgan fingerprint density at radius 3 is 1.45 bits per heavy atom. The van der Waals surface area contributed by atoms with Crippen LogP contribution in [0, 0.1) is 13.8 Å². The van der Waals surface area contributed by atoms with Gasteiger partial charge >= 0.3 is 0 Å². The van der Waals surface area contributed by atoms with Crippen molar-refractivity contribution in [2.24, 2.45) is 0 Å². The first-order valence-electron chi connectivity index (χ1n) is 13.1. The molecule has 0 aliphatic rings. The minimum absolute atomic E-state index is 0.0844. The van der Waals surface area contributed by atoms with E-state index in [4.69, 9.17) is 0 Å². The van der Waals surface area contributed by atoms with E-state index in [1.807, 2.05) is 113 Å². The summed E-state index contributed by atoms with van der Waals surface area (Å²) in [5.74, 6) is -0.0197. The largest absolute Gasteiger partial charge is 0.508 e. The third kappa shape index (κ3) is 10.2. The van der Waals surface area contributed by atoms with Crippen LogP contribution in [-0.4, -0.2) is 20.4 Å². The van der Waals surface area contributed by atoms with Crippen LogP contribution in [0.25, 0.3) is 12.2 Å². The highest BCUT2D eigenvalue weighted by molar-refractivity contribution is 5.64. The van der Waals surface area contributed by atoms with Crippen molar-refractivity contribution in [3.05, 3.63) is 142 Å². The predicted molar refractivity (Wildman–Crippen MR) is 170 cm³/mol. The van der Waals surface area contributed by atoms with Crippen LogP contribution in [0.15, 0.2) is 119 Å². The van der Waals surface area contributed by atoms with Gasteiger partial charge in [0.15, 0.2) is 11.5 Å². The summed E-state index contributed by atoms with van der Waals surface area (Å²) in [6, 6.07) is 6.53. The summed E-state index contributed by atoms with van der Waals surface area (Å²) in [6.07, 6.45) is 27.8. The number of rotatable bonds is 10. The highest BCUT2D eigenvalue weighted by atomic mass is 16.3. The van der Waals surface area contributed by atoms with Crippen molar-refractivity contribution in [3.63, 3.8) is 0 Å². The molecule has 0 aliphatic heterocycles. The molecule has 4 N–H and O–H groups in total. The van der Waals surface area contributed by atoms with E-state index >= 15 is 0 Å². The molecule has 208 valence electrons. The molecule has 0 saturated heterocycles. The highest BCUT2D eigenvalue weighted by Crippen LogP contribution is 2.31. The normalized spacial score (nSPS) is 14.2. The van der Waals surface area contributed by atoms with Crippen molar-refractivity contribution in [3.8, 4) is 23.0 Å². The number of benzene rings is 2. The summed E-state index contributed by atoms with van der Waals surface area (Å²) in [5.41, 5.74) is 6.96. The topological polar surface area (TPSA) is 80.9 Å². The number of phenols is 4. The summed E-state index contributed by atoms with van der Waals surface area (Å²) >= 11 is 0. The first-order chi connectivity index (χ1) is 19.0. The molecule has 4 heteroatoms. The van der Waals surface area contributed by atoms with Gasteiger partial charge in [-0.1, -0.05) is 113 Å². The van der Waals surface area contributed by atoms with Crippen LogP contribution in [0.5, 0.6) is 23.0 Å². The number of hydrogen-bond acceptors (Lipinski definition) is 4. The van der Waals surface area contributed by atoms with Gasteiger partial charge in [-0.25, -0.2) is 0 Å². The van der Waals surface area contributed by atoms with E-state index in [-0.39, 0.29) is 23.0 Å². The molecule has 0 aromatic heterocycles. The third-order valence-corrected chi connectivity index (χ3v) is 6.20. The van der Waals surface area contributed by atoms with Crippen LogP contribution >= 0.6 is 0 Å². The maximum atomic E-state index is 10.1. The highest BCUT2D eigenvalue weighted by Gasteiger charge is 2.06. The van der Waals surface area contributed by atoms with Gasteiger partial charge in [-0.15, -0.1) is 0 Å². The van der Waals surface area contributed by atoms with Gasteiger partial charge in [-0.05, 0) is 65.3 Å². The van der Waals surface area contributed by atoms with Crippen molar-refractivity contribution in [1.82, 2.24) is 0 Å². The van der Waals surface area contributed by atoms with Gasteiger partial charge < -0.3 is 20.4 Å². The molecule has 2 aromatic carbocycles. The second-order valence-electron chi connectivity index (χ2n) is 9.71. The van der Waals surface area contributed by atoms with Crippen LogP contribution in [0.4, 0.5) is 0 Å².